The first-order valence-electron chi connectivity index (χ1n) is 14.3. The molecule has 44 heavy (non-hydrogen) atoms. The van der Waals surface area contributed by atoms with Crippen molar-refractivity contribution in [2.75, 3.05) is 20.2 Å². The van der Waals surface area contributed by atoms with E-state index in [0.717, 1.165) is 11.1 Å². The molecule has 1 fully saturated rings. The minimum atomic E-state index is -4.39. The molecular weight excluding hydrogens is 584 g/mol. The summed E-state index contributed by atoms with van der Waals surface area (Å²) in [6, 6.07) is 20.7. The Hall–Kier alpha value is -4.38. The highest BCUT2D eigenvalue weighted by Gasteiger charge is 2.55. The number of carboxylic acid groups (broad SMARTS) is 1. The molecule has 1 heterocycles. The second-order valence-corrected chi connectivity index (χ2v) is 14.0. The molecule has 3 aromatic carbocycles. The van der Waals surface area contributed by atoms with Crippen molar-refractivity contribution in [1.82, 2.24) is 10.2 Å². The summed E-state index contributed by atoms with van der Waals surface area (Å²) >= 11 is 0. The molecule has 0 bridgehead atoms. The number of carbonyl (C=O) groups excluding carboxylic acids is 2. The molecule has 1 unspecified atom stereocenters. The third-order valence-corrected chi connectivity index (χ3v) is 9.94. The van der Waals surface area contributed by atoms with Crippen molar-refractivity contribution in [3.63, 3.8) is 0 Å². The number of nitrogens with zero attached hydrogens (tertiary/aromatic N) is 1. The number of sulfone groups is 1. The highest BCUT2D eigenvalue weighted by Crippen LogP contribution is 2.36. The molecule has 2 N–H and O–H groups in total. The maximum atomic E-state index is 14.1. The van der Waals surface area contributed by atoms with E-state index < -0.39 is 50.7 Å². The van der Waals surface area contributed by atoms with Gasteiger partial charge in [0.1, 0.15) is 17.4 Å². The van der Waals surface area contributed by atoms with Crippen LogP contribution in [-0.2, 0) is 30.6 Å². The Balaban J connectivity index is 1.64. The van der Waals surface area contributed by atoms with E-state index >= 15 is 0 Å². The lowest BCUT2D eigenvalue weighted by Crippen LogP contribution is -2.64. The second-order valence-electron chi connectivity index (χ2n) is 11.8. The van der Waals surface area contributed by atoms with Crippen molar-refractivity contribution in [1.29, 1.82) is 0 Å². The third-order valence-electron chi connectivity index (χ3n) is 7.50. The first-order chi connectivity index (χ1) is 20.8. The van der Waals surface area contributed by atoms with E-state index in [9.17, 15) is 27.9 Å². The number of methoxy groups -OCH3 is 1. The Kier molecular flexibility index (Phi) is 9.68. The Morgan fingerprint density at radius 1 is 0.977 bits per heavy atom. The van der Waals surface area contributed by atoms with Crippen LogP contribution in [0, 0.1) is 0 Å². The Morgan fingerprint density at radius 2 is 1.61 bits per heavy atom. The molecule has 0 saturated carbocycles. The Labute approximate surface area is 257 Å². The minimum Gasteiger partial charge on any atom is -0.496 e. The van der Waals surface area contributed by atoms with Gasteiger partial charge in [-0.25, -0.2) is 18.0 Å². The summed E-state index contributed by atoms with van der Waals surface area (Å²) in [5.74, 6) is -1.61. The van der Waals surface area contributed by atoms with Gasteiger partial charge in [-0.3, -0.25) is 4.79 Å². The summed E-state index contributed by atoms with van der Waals surface area (Å²) in [5, 5.41) is 12.6. The van der Waals surface area contributed by atoms with Crippen LogP contribution in [0.25, 0.3) is 11.1 Å². The molecule has 1 aliphatic rings. The van der Waals surface area contributed by atoms with E-state index in [1.807, 2.05) is 36.4 Å². The normalized spacial score (nSPS) is 17.8. The number of para-hydroxylation sites is 1. The summed E-state index contributed by atoms with van der Waals surface area (Å²) < 4.78 is 37.1. The number of hydrogen-bond donors (Lipinski definition) is 2. The number of benzene rings is 3. The summed E-state index contributed by atoms with van der Waals surface area (Å²) in [4.78, 5) is 40.6. The fraction of sp³-hybridized carbons (Fsp3) is 0.364. The number of ether oxygens (including phenoxy) is 2. The van der Waals surface area contributed by atoms with Crippen molar-refractivity contribution in [2.24, 2.45) is 0 Å². The van der Waals surface area contributed by atoms with E-state index in [2.05, 4.69) is 5.32 Å². The highest BCUT2D eigenvalue weighted by molar-refractivity contribution is 7.93. The van der Waals surface area contributed by atoms with Crippen LogP contribution < -0.4 is 10.1 Å². The Morgan fingerprint density at radius 3 is 2.23 bits per heavy atom. The monoisotopic (exact) mass is 622 g/mol. The van der Waals surface area contributed by atoms with Crippen LogP contribution in [0.5, 0.6) is 5.75 Å². The van der Waals surface area contributed by atoms with E-state index in [0.29, 0.717) is 11.3 Å². The van der Waals surface area contributed by atoms with Gasteiger partial charge in [-0.05, 0) is 62.9 Å². The Bertz CT molecular complexity index is 1600. The fourth-order valence-corrected chi connectivity index (χ4v) is 7.29. The predicted octanol–water partition coefficient (Wildman–Crippen LogP) is 4.72. The maximum Gasteiger partial charge on any atom is 0.410 e. The lowest BCUT2D eigenvalue weighted by atomic mass is 9.95. The van der Waals surface area contributed by atoms with Gasteiger partial charge in [-0.15, -0.1) is 0 Å². The number of likely N-dealkylation sites (tertiary alicyclic amines) is 1. The van der Waals surface area contributed by atoms with Crippen LogP contribution in [0.1, 0.15) is 39.2 Å². The molecule has 0 radical (unpaired) electrons. The summed E-state index contributed by atoms with van der Waals surface area (Å²) in [7, 11) is -2.81. The van der Waals surface area contributed by atoms with E-state index in [1.54, 1.807) is 58.2 Å². The number of aliphatic carboxylic acids is 1. The van der Waals surface area contributed by atoms with Crippen LogP contribution in [0.4, 0.5) is 4.79 Å². The van der Waals surface area contributed by atoms with Gasteiger partial charge in [0.05, 0.1) is 18.6 Å². The quantitative estimate of drug-likeness (QED) is 0.350. The van der Waals surface area contributed by atoms with Crippen molar-refractivity contribution in [2.45, 2.75) is 61.3 Å². The van der Waals surface area contributed by atoms with Crippen molar-refractivity contribution in [3.05, 3.63) is 84.4 Å². The number of piperidine rings is 1. The number of carboxylic acids is 1. The van der Waals surface area contributed by atoms with Gasteiger partial charge < -0.3 is 24.8 Å². The molecule has 2 atom stereocenters. The van der Waals surface area contributed by atoms with E-state index in [1.165, 1.54) is 17.0 Å². The standard InChI is InChI=1S/C33H38N2O8S/c1-32(2,3)43-31(39)35-20-10-19-33(22-35,44(40,41)25-11-6-5-7-12-25)30(38)34-27(29(36)37)21-23-15-17-24(18-16-23)26-13-8-9-14-28(26)42-4/h5-9,11-18,27H,10,19-22H2,1-4H3,(H,34,38)(H,36,37)/t27-,33?/m0/s1. The first kappa shape index (κ1) is 32.5. The lowest BCUT2D eigenvalue weighted by Gasteiger charge is -2.41. The number of amides is 2. The van der Waals surface area contributed by atoms with Gasteiger partial charge >= 0.3 is 12.1 Å². The van der Waals surface area contributed by atoms with Gasteiger partial charge in [0, 0.05) is 18.5 Å². The largest absolute Gasteiger partial charge is 0.496 e. The molecular formula is C33H38N2O8S. The molecule has 0 spiro atoms. The molecule has 0 aliphatic carbocycles. The highest BCUT2D eigenvalue weighted by atomic mass is 32.2. The van der Waals surface area contributed by atoms with E-state index in [4.69, 9.17) is 9.47 Å². The summed E-state index contributed by atoms with van der Waals surface area (Å²) in [6.07, 6.45) is -0.747. The van der Waals surface area contributed by atoms with Gasteiger partial charge in [0.25, 0.3) is 0 Å². The molecule has 1 aliphatic heterocycles. The number of nitrogens with one attached hydrogen (secondary N) is 1. The molecule has 0 aromatic heterocycles. The zero-order valence-electron chi connectivity index (χ0n) is 25.3. The van der Waals surface area contributed by atoms with Crippen molar-refractivity contribution < 1.29 is 37.4 Å². The average Bonchev–Trinajstić information content (AvgIpc) is 3.00. The molecule has 1 saturated heterocycles. The molecule has 10 nitrogen and oxygen atoms in total. The second kappa shape index (κ2) is 13.1. The number of hydrogen-bond acceptors (Lipinski definition) is 7. The first-order valence-corrected chi connectivity index (χ1v) is 15.8. The fourth-order valence-electron chi connectivity index (χ4n) is 5.29. The molecule has 2 amide bonds. The third kappa shape index (κ3) is 7.05. The van der Waals surface area contributed by atoms with Crippen molar-refractivity contribution in [3.8, 4) is 16.9 Å². The minimum absolute atomic E-state index is 0.0927. The predicted molar refractivity (Wildman–Crippen MR) is 165 cm³/mol. The lowest BCUT2D eigenvalue weighted by molar-refractivity contribution is -0.142. The summed E-state index contributed by atoms with van der Waals surface area (Å²) in [5.41, 5.74) is 1.51. The topological polar surface area (TPSA) is 139 Å². The number of carbonyl (C=O) groups is 3. The van der Waals surface area contributed by atoms with Crippen LogP contribution in [0.2, 0.25) is 0 Å². The zero-order valence-corrected chi connectivity index (χ0v) is 26.1. The molecule has 3 aromatic rings. The molecule has 234 valence electrons. The van der Waals surface area contributed by atoms with Gasteiger partial charge in [0.2, 0.25) is 5.91 Å². The SMILES string of the molecule is COc1ccccc1-c1ccc(C[C@H](NC(=O)C2(S(=O)(=O)c3ccccc3)CCCN(C(=O)OC(C)(C)C)C2)C(=O)O)cc1. The van der Waals surface area contributed by atoms with Crippen LogP contribution in [-0.4, -0.2) is 73.0 Å². The summed E-state index contributed by atoms with van der Waals surface area (Å²) in [6.45, 7) is 4.78. The van der Waals surface area contributed by atoms with Gasteiger partial charge in [-0.1, -0.05) is 60.7 Å². The zero-order chi connectivity index (χ0) is 32.1. The van der Waals surface area contributed by atoms with Crippen LogP contribution >= 0.6 is 0 Å². The average molecular weight is 623 g/mol. The maximum absolute atomic E-state index is 14.1. The van der Waals surface area contributed by atoms with E-state index in [-0.39, 0.29) is 30.7 Å². The van der Waals surface area contributed by atoms with Crippen LogP contribution in [0.3, 0.4) is 0 Å². The molecule has 11 heteroatoms. The smallest absolute Gasteiger partial charge is 0.410 e. The van der Waals surface area contributed by atoms with Crippen LogP contribution in [0.15, 0.2) is 83.8 Å². The molecule has 4 rings (SSSR count). The van der Waals surface area contributed by atoms with Crippen molar-refractivity contribution >= 4 is 27.8 Å². The van der Waals surface area contributed by atoms with Gasteiger partial charge in [0.15, 0.2) is 14.6 Å². The van der Waals surface area contributed by atoms with Gasteiger partial charge in [-0.2, -0.15) is 0 Å². The number of rotatable bonds is 9.